The van der Waals surface area contributed by atoms with Gasteiger partial charge in [-0.3, -0.25) is 9.59 Å². The van der Waals surface area contributed by atoms with Crippen molar-refractivity contribution in [1.29, 1.82) is 0 Å². The van der Waals surface area contributed by atoms with Crippen LogP contribution in [0, 0.1) is 0 Å². The first-order valence-corrected chi connectivity index (χ1v) is 13.3. The van der Waals surface area contributed by atoms with E-state index in [0.717, 1.165) is 36.3 Å². The number of amides is 2. The van der Waals surface area contributed by atoms with Crippen LogP contribution >= 0.6 is 34.5 Å². The highest BCUT2D eigenvalue weighted by atomic mass is 35.5. The first-order valence-electron chi connectivity index (χ1n) is 11.7. The molecule has 1 aliphatic carbocycles. The van der Waals surface area contributed by atoms with Crippen molar-refractivity contribution in [1.82, 2.24) is 9.80 Å². The second-order valence-corrected chi connectivity index (χ2v) is 11.7. The lowest BCUT2D eigenvalue weighted by Crippen LogP contribution is -2.35. The Bertz CT molecular complexity index is 1430. The average molecular weight is 558 g/mol. The number of carbonyl (C=O) groups is 3. The van der Waals surface area contributed by atoms with E-state index in [2.05, 4.69) is 31.1 Å². The number of carboxylic acid groups (broad SMARTS) is 1. The van der Waals surface area contributed by atoms with Crippen molar-refractivity contribution in [2.45, 2.75) is 30.8 Å². The Morgan fingerprint density at radius 3 is 2.38 bits per heavy atom. The Hall–Kier alpha value is -2.91. The summed E-state index contributed by atoms with van der Waals surface area (Å²) in [5.41, 5.74) is 9.49. The first-order chi connectivity index (χ1) is 17.5. The molecule has 1 saturated carbocycles. The summed E-state index contributed by atoms with van der Waals surface area (Å²) in [5.74, 6) is -2.23. The largest absolute Gasteiger partial charge is 0.477 e. The molecule has 37 heavy (non-hydrogen) atoms. The number of benzene rings is 2. The highest BCUT2D eigenvalue weighted by molar-refractivity contribution is 7.13. The molecule has 3 N–H and O–H groups in total. The van der Waals surface area contributed by atoms with Crippen LogP contribution in [-0.4, -0.2) is 53.3 Å². The Balaban J connectivity index is 1.50. The van der Waals surface area contributed by atoms with Crippen LogP contribution in [0.4, 0.5) is 0 Å². The number of thiophene rings is 1. The van der Waals surface area contributed by atoms with Gasteiger partial charge in [0.1, 0.15) is 10.9 Å². The fourth-order valence-electron chi connectivity index (χ4n) is 5.32. The molecule has 0 saturated heterocycles. The van der Waals surface area contributed by atoms with E-state index in [4.69, 9.17) is 28.9 Å². The van der Waals surface area contributed by atoms with Crippen LogP contribution in [0.3, 0.4) is 0 Å². The maximum Gasteiger partial charge on any atom is 0.347 e. The van der Waals surface area contributed by atoms with Gasteiger partial charge in [-0.25, -0.2) is 4.79 Å². The van der Waals surface area contributed by atoms with Crippen molar-refractivity contribution in [3.05, 3.63) is 79.0 Å². The van der Waals surface area contributed by atoms with Crippen molar-refractivity contribution in [2.24, 2.45) is 5.73 Å². The van der Waals surface area contributed by atoms with Crippen LogP contribution in [0.15, 0.2) is 41.8 Å². The predicted octanol–water partition coefficient (Wildman–Crippen LogP) is 5.20. The predicted molar refractivity (Wildman–Crippen MR) is 144 cm³/mol. The molecule has 7 nitrogen and oxygen atoms in total. The third-order valence-corrected chi connectivity index (χ3v) is 8.78. The van der Waals surface area contributed by atoms with Crippen LogP contribution < -0.4 is 5.73 Å². The number of hydrogen-bond donors (Lipinski definition) is 2. The van der Waals surface area contributed by atoms with Gasteiger partial charge in [0.2, 0.25) is 5.91 Å². The molecular formula is C27H25Cl2N3O4S. The molecule has 2 amide bonds. The molecule has 1 aromatic heterocycles. The number of nitrogens with two attached hydrogens (primary N) is 1. The fourth-order valence-corrected chi connectivity index (χ4v) is 6.77. The van der Waals surface area contributed by atoms with E-state index in [9.17, 15) is 19.5 Å². The Morgan fingerprint density at radius 2 is 1.84 bits per heavy atom. The lowest BCUT2D eigenvalue weighted by Gasteiger charge is -2.24. The van der Waals surface area contributed by atoms with E-state index in [1.54, 1.807) is 17.5 Å². The fraction of sp³-hybridized carbons (Fsp3) is 0.296. The molecule has 1 aliphatic heterocycles. The maximum atomic E-state index is 13.7. The smallest absolute Gasteiger partial charge is 0.347 e. The topological polar surface area (TPSA) is 104 Å². The Morgan fingerprint density at radius 1 is 1.16 bits per heavy atom. The van der Waals surface area contributed by atoms with E-state index in [1.807, 2.05) is 12.1 Å². The van der Waals surface area contributed by atoms with Crippen molar-refractivity contribution in [3.63, 3.8) is 0 Å². The van der Waals surface area contributed by atoms with Crippen LogP contribution in [0.5, 0.6) is 0 Å². The van der Waals surface area contributed by atoms with E-state index in [0.29, 0.717) is 16.7 Å². The van der Waals surface area contributed by atoms with Gasteiger partial charge in [0.05, 0.1) is 10.6 Å². The molecule has 1 fully saturated rings. The summed E-state index contributed by atoms with van der Waals surface area (Å²) in [4.78, 5) is 41.5. The van der Waals surface area contributed by atoms with Crippen molar-refractivity contribution >= 4 is 52.3 Å². The summed E-state index contributed by atoms with van der Waals surface area (Å²) in [6, 6.07) is 10.3. The number of fused-ring (bicyclic) bond motifs is 1. The zero-order valence-corrected chi connectivity index (χ0v) is 22.6. The number of nitrogens with zero attached hydrogens (tertiary/aromatic N) is 2. The summed E-state index contributed by atoms with van der Waals surface area (Å²) in [6.45, 7) is 1.16. The molecule has 0 bridgehead atoms. The van der Waals surface area contributed by atoms with Crippen molar-refractivity contribution in [3.8, 4) is 11.1 Å². The number of aromatic carboxylic acids is 1. The van der Waals surface area contributed by atoms with Gasteiger partial charge in [-0.1, -0.05) is 47.5 Å². The molecule has 10 heteroatoms. The van der Waals surface area contributed by atoms with Gasteiger partial charge >= 0.3 is 5.97 Å². The zero-order chi connectivity index (χ0) is 26.6. The summed E-state index contributed by atoms with van der Waals surface area (Å²) in [6.07, 6.45) is 2.29. The van der Waals surface area contributed by atoms with Gasteiger partial charge < -0.3 is 20.6 Å². The normalized spacial score (nSPS) is 17.8. The molecule has 2 heterocycles. The number of halogens is 2. The molecule has 1 unspecified atom stereocenters. The highest BCUT2D eigenvalue weighted by Gasteiger charge is 2.45. The Labute approximate surface area is 228 Å². The summed E-state index contributed by atoms with van der Waals surface area (Å²) >= 11 is 13.7. The van der Waals surface area contributed by atoms with Gasteiger partial charge in [0, 0.05) is 34.5 Å². The van der Waals surface area contributed by atoms with Crippen LogP contribution in [0.1, 0.15) is 55.6 Å². The minimum atomic E-state index is -1.16. The number of carboxylic acids is 1. The number of carbonyl (C=O) groups excluding carboxylic acids is 2. The highest BCUT2D eigenvalue weighted by Crippen LogP contribution is 2.49. The standard InChI is InChI=1S/C27H25Cl2N3O4S/c1-31(2)13-27(7-8-27)15-5-3-14(4-6-15)11-32-22(24(30)33)18-10-16(28)9-17(20(18)25(32)34)19-12-37-23(21(19)29)26(35)36/h3-6,9-10,12,22H,7-8,11,13H2,1-2H3,(H2,30,33)(H,35,36). The number of rotatable bonds is 8. The quantitative estimate of drug-likeness (QED) is 0.396. The van der Waals surface area contributed by atoms with Gasteiger partial charge in [-0.2, -0.15) is 0 Å². The second-order valence-electron chi connectivity index (χ2n) is 9.97. The molecule has 2 aromatic carbocycles. The van der Waals surface area contributed by atoms with E-state index < -0.39 is 17.9 Å². The average Bonchev–Trinajstić information content (AvgIpc) is 3.40. The van der Waals surface area contributed by atoms with E-state index in [1.165, 1.54) is 10.5 Å². The molecule has 0 radical (unpaired) electrons. The van der Waals surface area contributed by atoms with Gasteiger partial charge in [-0.15, -0.1) is 11.3 Å². The molecule has 1 atom stereocenters. The summed E-state index contributed by atoms with van der Waals surface area (Å²) in [7, 11) is 4.14. The summed E-state index contributed by atoms with van der Waals surface area (Å²) < 4.78 is 0. The van der Waals surface area contributed by atoms with Gasteiger partial charge in [-0.05, 0) is 61.3 Å². The van der Waals surface area contributed by atoms with Gasteiger partial charge in [0.15, 0.2) is 0 Å². The van der Waals surface area contributed by atoms with E-state index in [-0.39, 0.29) is 38.4 Å². The minimum Gasteiger partial charge on any atom is -0.477 e. The lowest BCUT2D eigenvalue weighted by molar-refractivity contribution is -0.122. The lowest BCUT2D eigenvalue weighted by atomic mass is 9.94. The third-order valence-electron chi connectivity index (χ3n) is 7.09. The third kappa shape index (κ3) is 4.52. The molecule has 0 spiro atoms. The molecule has 5 rings (SSSR count). The van der Waals surface area contributed by atoms with Gasteiger partial charge in [0.25, 0.3) is 5.91 Å². The minimum absolute atomic E-state index is 0.0196. The summed E-state index contributed by atoms with van der Waals surface area (Å²) in [5, 5.41) is 11.3. The van der Waals surface area contributed by atoms with Crippen LogP contribution in [0.25, 0.3) is 11.1 Å². The maximum absolute atomic E-state index is 13.7. The van der Waals surface area contributed by atoms with E-state index >= 15 is 0 Å². The Kier molecular flexibility index (Phi) is 6.56. The molecule has 3 aromatic rings. The molecule has 2 aliphatic rings. The number of likely N-dealkylation sites (N-methyl/N-ethyl adjacent to an activating group) is 1. The molecule has 192 valence electrons. The number of hydrogen-bond acceptors (Lipinski definition) is 5. The van der Waals surface area contributed by atoms with Crippen molar-refractivity contribution < 1.29 is 19.5 Å². The SMILES string of the molecule is CN(C)CC1(c2ccc(CN3C(=O)c4c(-c5csc(C(=O)O)c5Cl)cc(Cl)cc4C3C(N)=O)cc2)CC1. The van der Waals surface area contributed by atoms with Crippen molar-refractivity contribution in [2.75, 3.05) is 20.6 Å². The van der Waals surface area contributed by atoms with Crippen LogP contribution in [-0.2, 0) is 16.8 Å². The zero-order valence-electron chi connectivity index (χ0n) is 20.3. The first kappa shape index (κ1) is 25.7. The number of primary amides is 1. The second kappa shape index (κ2) is 9.44. The monoisotopic (exact) mass is 557 g/mol. The van der Waals surface area contributed by atoms with Crippen LogP contribution in [0.2, 0.25) is 10.0 Å². The molecular weight excluding hydrogens is 533 g/mol.